The molecular weight excluding hydrogens is 533 g/mol. The molecule has 0 spiro atoms. The van der Waals surface area contributed by atoms with E-state index in [4.69, 9.17) is 14.5 Å². The van der Waals surface area contributed by atoms with Gasteiger partial charge < -0.3 is 24.6 Å². The molecule has 31 heavy (non-hydrogen) atoms. The Hall–Kier alpha value is -0.210. The highest BCUT2D eigenvalue weighted by Crippen LogP contribution is 2.26. The maximum absolute atomic E-state index is 12.6. The third kappa shape index (κ3) is 8.58. The Balaban J connectivity index is 0.00000480. The first-order valence-electron chi connectivity index (χ1n) is 11.1. The van der Waals surface area contributed by atoms with Crippen molar-refractivity contribution in [2.45, 2.75) is 45.3 Å². The van der Waals surface area contributed by atoms with Crippen molar-refractivity contribution in [2.24, 2.45) is 4.99 Å². The minimum atomic E-state index is -3.29. The highest BCUT2D eigenvalue weighted by molar-refractivity contribution is 14.0. The third-order valence-corrected chi connectivity index (χ3v) is 7.79. The molecule has 2 heterocycles. The van der Waals surface area contributed by atoms with Crippen molar-refractivity contribution in [3.05, 3.63) is 0 Å². The van der Waals surface area contributed by atoms with Gasteiger partial charge in [0.15, 0.2) is 5.96 Å². The van der Waals surface area contributed by atoms with Crippen molar-refractivity contribution in [1.29, 1.82) is 0 Å². The van der Waals surface area contributed by atoms with Crippen LogP contribution in [0.3, 0.4) is 0 Å². The van der Waals surface area contributed by atoms with Gasteiger partial charge in [-0.05, 0) is 47.7 Å². The zero-order chi connectivity index (χ0) is 22.2. The van der Waals surface area contributed by atoms with E-state index >= 15 is 0 Å². The summed E-state index contributed by atoms with van der Waals surface area (Å²) in [6, 6.07) is 0. The zero-order valence-electron chi connectivity index (χ0n) is 19.8. The summed E-state index contributed by atoms with van der Waals surface area (Å²) in [6.45, 7) is 11.3. The highest BCUT2D eigenvalue weighted by atomic mass is 127. The Bertz CT molecular complexity index is 646. The fourth-order valence-electron chi connectivity index (χ4n) is 3.84. The molecule has 2 saturated heterocycles. The monoisotopic (exact) mass is 575 g/mol. The lowest BCUT2D eigenvalue weighted by molar-refractivity contribution is -0.00266. The number of rotatable bonds is 9. The van der Waals surface area contributed by atoms with Crippen LogP contribution in [-0.4, -0.2) is 119 Å². The van der Waals surface area contributed by atoms with E-state index in [2.05, 4.69) is 36.1 Å². The average Bonchev–Trinajstić information content (AvgIpc) is 2.71. The van der Waals surface area contributed by atoms with Crippen molar-refractivity contribution in [3.63, 3.8) is 0 Å². The van der Waals surface area contributed by atoms with Gasteiger partial charge in [0.2, 0.25) is 10.0 Å². The standard InChI is InChI=1S/C20H41N5O4S.HI/c1-6-21-19(22-17-20(23(4)5)7-13-28-14-8-20)24-9-11-25(12-10-24)30(26,27)16-15-29-18(2)3;/h18H,6-17H2,1-5H3,(H,21,22);1H. The van der Waals surface area contributed by atoms with Crippen molar-refractivity contribution in [1.82, 2.24) is 19.4 Å². The first-order chi connectivity index (χ1) is 14.2. The van der Waals surface area contributed by atoms with Gasteiger partial charge in [-0.2, -0.15) is 4.31 Å². The molecule has 11 heteroatoms. The molecule has 0 aromatic carbocycles. The lowest BCUT2D eigenvalue weighted by Gasteiger charge is -2.42. The van der Waals surface area contributed by atoms with E-state index < -0.39 is 10.0 Å². The molecule has 0 aliphatic carbocycles. The van der Waals surface area contributed by atoms with Gasteiger partial charge >= 0.3 is 0 Å². The molecule has 184 valence electrons. The second kappa shape index (κ2) is 13.5. The second-order valence-electron chi connectivity index (χ2n) is 8.52. The predicted octanol–water partition coefficient (Wildman–Crippen LogP) is 1.05. The summed E-state index contributed by atoms with van der Waals surface area (Å²) in [5, 5.41) is 3.39. The normalized spacial score (nSPS) is 20.7. The molecule has 0 radical (unpaired) electrons. The van der Waals surface area contributed by atoms with Crippen LogP contribution in [0, 0.1) is 0 Å². The molecule has 0 aromatic heterocycles. The van der Waals surface area contributed by atoms with Gasteiger partial charge in [0, 0.05) is 51.5 Å². The summed E-state index contributed by atoms with van der Waals surface area (Å²) in [6.07, 6.45) is 1.97. The van der Waals surface area contributed by atoms with Crippen LogP contribution < -0.4 is 5.32 Å². The number of piperazine rings is 1. The summed E-state index contributed by atoms with van der Waals surface area (Å²) < 4.78 is 37.7. The molecule has 2 aliphatic heterocycles. The van der Waals surface area contributed by atoms with Crippen molar-refractivity contribution in [2.75, 3.05) is 78.9 Å². The number of aliphatic imine (C=N–C) groups is 1. The van der Waals surface area contributed by atoms with Crippen LogP contribution in [0.1, 0.15) is 33.6 Å². The minimum absolute atomic E-state index is 0. The fourth-order valence-corrected chi connectivity index (χ4v) is 5.13. The largest absolute Gasteiger partial charge is 0.381 e. The molecular formula is C20H42IN5O4S. The summed E-state index contributed by atoms with van der Waals surface area (Å²) >= 11 is 0. The van der Waals surface area contributed by atoms with Gasteiger partial charge in [0.05, 0.1) is 25.0 Å². The summed E-state index contributed by atoms with van der Waals surface area (Å²) in [5.74, 6) is 0.901. The number of sulfonamides is 1. The molecule has 0 atom stereocenters. The second-order valence-corrected chi connectivity index (χ2v) is 10.6. The van der Waals surface area contributed by atoms with E-state index in [1.165, 1.54) is 0 Å². The van der Waals surface area contributed by atoms with Crippen LogP contribution in [-0.2, 0) is 19.5 Å². The van der Waals surface area contributed by atoms with Crippen LogP contribution in [0.15, 0.2) is 4.99 Å². The SMILES string of the molecule is CCNC(=NCC1(N(C)C)CCOCC1)N1CCN(S(=O)(=O)CCOC(C)C)CC1.I. The number of hydrogen-bond donors (Lipinski definition) is 1. The number of likely N-dealkylation sites (N-methyl/N-ethyl adjacent to an activating group) is 1. The Morgan fingerprint density at radius 2 is 1.81 bits per heavy atom. The molecule has 2 rings (SSSR count). The Morgan fingerprint density at radius 1 is 1.19 bits per heavy atom. The number of nitrogens with one attached hydrogen (secondary N) is 1. The van der Waals surface area contributed by atoms with E-state index in [1.54, 1.807) is 4.31 Å². The van der Waals surface area contributed by atoms with Crippen molar-refractivity contribution < 1.29 is 17.9 Å². The van der Waals surface area contributed by atoms with Crippen LogP contribution in [0.4, 0.5) is 0 Å². The fraction of sp³-hybridized carbons (Fsp3) is 0.950. The molecule has 0 saturated carbocycles. The molecule has 9 nitrogen and oxygen atoms in total. The maximum Gasteiger partial charge on any atom is 0.216 e. The number of halogens is 1. The number of ether oxygens (including phenoxy) is 2. The van der Waals surface area contributed by atoms with E-state index in [1.807, 2.05) is 13.8 Å². The topological polar surface area (TPSA) is 86.7 Å². The average molecular weight is 576 g/mol. The van der Waals surface area contributed by atoms with Gasteiger partial charge in [-0.15, -0.1) is 24.0 Å². The van der Waals surface area contributed by atoms with Crippen LogP contribution in [0.5, 0.6) is 0 Å². The number of guanidine groups is 1. The Morgan fingerprint density at radius 3 is 2.32 bits per heavy atom. The Labute approximate surface area is 206 Å². The molecule has 0 aromatic rings. The lowest BCUT2D eigenvalue weighted by Crippen LogP contribution is -2.55. The van der Waals surface area contributed by atoms with E-state index in [0.29, 0.717) is 32.7 Å². The first-order valence-corrected chi connectivity index (χ1v) is 12.7. The van der Waals surface area contributed by atoms with Gasteiger partial charge in [-0.25, -0.2) is 8.42 Å². The van der Waals surface area contributed by atoms with Gasteiger partial charge in [0.25, 0.3) is 0 Å². The maximum atomic E-state index is 12.6. The molecule has 2 aliphatic rings. The third-order valence-electron chi connectivity index (χ3n) is 5.95. The lowest BCUT2D eigenvalue weighted by atomic mass is 9.89. The number of hydrogen-bond acceptors (Lipinski definition) is 6. The molecule has 0 bridgehead atoms. The predicted molar refractivity (Wildman–Crippen MR) is 136 cm³/mol. The summed E-state index contributed by atoms with van der Waals surface area (Å²) in [5.41, 5.74) is 0.0144. The van der Waals surface area contributed by atoms with Crippen LogP contribution >= 0.6 is 24.0 Å². The summed E-state index contributed by atoms with van der Waals surface area (Å²) in [4.78, 5) is 9.40. The van der Waals surface area contributed by atoms with Crippen molar-refractivity contribution in [3.8, 4) is 0 Å². The van der Waals surface area contributed by atoms with E-state index in [9.17, 15) is 8.42 Å². The molecule has 0 amide bonds. The molecule has 0 unspecified atom stereocenters. The van der Waals surface area contributed by atoms with E-state index in [0.717, 1.165) is 38.6 Å². The Kier molecular flexibility index (Phi) is 12.5. The zero-order valence-corrected chi connectivity index (χ0v) is 22.9. The smallest absolute Gasteiger partial charge is 0.216 e. The van der Waals surface area contributed by atoms with Crippen LogP contribution in [0.25, 0.3) is 0 Å². The van der Waals surface area contributed by atoms with Gasteiger partial charge in [0.1, 0.15) is 0 Å². The number of nitrogens with zero attached hydrogens (tertiary/aromatic N) is 4. The molecule has 2 fully saturated rings. The van der Waals surface area contributed by atoms with Gasteiger partial charge in [-0.3, -0.25) is 4.99 Å². The van der Waals surface area contributed by atoms with Crippen molar-refractivity contribution >= 4 is 40.0 Å². The quantitative estimate of drug-likeness (QED) is 0.250. The first kappa shape index (κ1) is 28.8. The van der Waals surface area contributed by atoms with Crippen LogP contribution in [0.2, 0.25) is 0 Å². The molecule has 1 N–H and O–H groups in total. The minimum Gasteiger partial charge on any atom is -0.381 e. The highest BCUT2D eigenvalue weighted by Gasteiger charge is 2.35. The summed E-state index contributed by atoms with van der Waals surface area (Å²) in [7, 11) is 0.933. The van der Waals surface area contributed by atoms with E-state index in [-0.39, 0.29) is 48.0 Å². The van der Waals surface area contributed by atoms with Gasteiger partial charge in [-0.1, -0.05) is 0 Å².